The maximum Gasteiger partial charge on any atom is 0.322 e. The van der Waals surface area contributed by atoms with Crippen LogP contribution in [0.1, 0.15) is 42.4 Å². The highest BCUT2D eigenvalue weighted by molar-refractivity contribution is 5.94. The first-order chi connectivity index (χ1) is 17.8. The van der Waals surface area contributed by atoms with Crippen molar-refractivity contribution in [3.63, 3.8) is 0 Å². The Morgan fingerprint density at radius 2 is 1.84 bits per heavy atom. The smallest absolute Gasteiger partial charge is 0.322 e. The van der Waals surface area contributed by atoms with Gasteiger partial charge in [-0.25, -0.2) is 4.79 Å². The fourth-order valence-electron chi connectivity index (χ4n) is 6.34. The molecule has 3 fully saturated rings. The van der Waals surface area contributed by atoms with Crippen LogP contribution in [0.4, 0.5) is 21.9 Å². The van der Waals surface area contributed by atoms with Crippen LogP contribution in [0.2, 0.25) is 0 Å². The largest absolute Gasteiger partial charge is 0.496 e. The van der Waals surface area contributed by atoms with E-state index in [9.17, 15) is 9.59 Å². The lowest BCUT2D eigenvalue weighted by Gasteiger charge is -2.56. The molecule has 6 rings (SSSR count). The van der Waals surface area contributed by atoms with Crippen molar-refractivity contribution in [1.29, 1.82) is 0 Å². The summed E-state index contributed by atoms with van der Waals surface area (Å²) in [5.74, 6) is 0.762. The van der Waals surface area contributed by atoms with Gasteiger partial charge in [-0.1, -0.05) is 6.07 Å². The van der Waals surface area contributed by atoms with E-state index in [1.54, 1.807) is 7.11 Å². The SMILES string of the molecule is COc1cc(NC(=O)C2CCC(N3Cc4c(C)cc(N5CC6(COC6)C5)cc4NC3=O)CC2)ccc1C. The van der Waals surface area contributed by atoms with Gasteiger partial charge in [-0.2, -0.15) is 0 Å². The molecule has 2 N–H and O–H groups in total. The third-order valence-electron chi connectivity index (χ3n) is 8.71. The fraction of sp³-hybridized carbons (Fsp3) is 0.517. The highest BCUT2D eigenvalue weighted by Gasteiger charge is 2.49. The lowest BCUT2D eigenvalue weighted by Crippen LogP contribution is -2.66. The predicted octanol–water partition coefficient (Wildman–Crippen LogP) is 4.69. The van der Waals surface area contributed by atoms with Gasteiger partial charge in [0.1, 0.15) is 5.75 Å². The zero-order chi connectivity index (χ0) is 25.7. The number of rotatable bonds is 5. The summed E-state index contributed by atoms with van der Waals surface area (Å²) in [6, 6.07) is 10.2. The van der Waals surface area contributed by atoms with E-state index in [2.05, 4.69) is 34.6 Å². The molecule has 4 aliphatic rings. The van der Waals surface area contributed by atoms with Crippen molar-refractivity contribution in [2.75, 3.05) is 48.9 Å². The molecule has 196 valence electrons. The molecule has 1 spiro atoms. The van der Waals surface area contributed by atoms with Crippen molar-refractivity contribution >= 4 is 29.0 Å². The van der Waals surface area contributed by atoms with Crippen LogP contribution in [0.15, 0.2) is 30.3 Å². The van der Waals surface area contributed by atoms with Crippen LogP contribution in [-0.2, 0) is 16.1 Å². The van der Waals surface area contributed by atoms with E-state index in [4.69, 9.17) is 9.47 Å². The van der Waals surface area contributed by atoms with Crippen LogP contribution in [0.25, 0.3) is 0 Å². The zero-order valence-electron chi connectivity index (χ0n) is 21.9. The number of hydrogen-bond acceptors (Lipinski definition) is 5. The van der Waals surface area contributed by atoms with Gasteiger partial charge in [0.05, 0.1) is 32.3 Å². The molecule has 3 aliphatic heterocycles. The molecule has 2 aromatic carbocycles. The number of urea groups is 1. The van der Waals surface area contributed by atoms with E-state index >= 15 is 0 Å². The second-order valence-electron chi connectivity index (χ2n) is 11.4. The van der Waals surface area contributed by atoms with Crippen LogP contribution in [-0.4, -0.2) is 56.3 Å². The van der Waals surface area contributed by atoms with Crippen LogP contribution < -0.4 is 20.3 Å². The van der Waals surface area contributed by atoms with Gasteiger partial charge in [0.15, 0.2) is 0 Å². The third-order valence-corrected chi connectivity index (χ3v) is 8.71. The first-order valence-corrected chi connectivity index (χ1v) is 13.3. The predicted molar refractivity (Wildman–Crippen MR) is 143 cm³/mol. The van der Waals surface area contributed by atoms with Gasteiger partial charge >= 0.3 is 6.03 Å². The summed E-state index contributed by atoms with van der Waals surface area (Å²) in [7, 11) is 1.64. The second-order valence-corrected chi connectivity index (χ2v) is 11.4. The number of anilines is 3. The quantitative estimate of drug-likeness (QED) is 0.617. The molecular weight excluding hydrogens is 468 g/mol. The Labute approximate surface area is 218 Å². The van der Waals surface area contributed by atoms with Crippen LogP contribution in [0.5, 0.6) is 5.75 Å². The zero-order valence-corrected chi connectivity index (χ0v) is 21.9. The van der Waals surface area contributed by atoms with Crippen LogP contribution >= 0.6 is 0 Å². The van der Waals surface area contributed by atoms with Gasteiger partial charge in [0.2, 0.25) is 5.91 Å². The Morgan fingerprint density at radius 1 is 1.08 bits per heavy atom. The summed E-state index contributed by atoms with van der Waals surface area (Å²) in [4.78, 5) is 30.4. The van der Waals surface area contributed by atoms with E-state index in [0.29, 0.717) is 12.0 Å². The number of carbonyl (C=O) groups excluding carboxylic acids is 2. The molecule has 1 aliphatic carbocycles. The van der Waals surface area contributed by atoms with E-state index in [-0.39, 0.29) is 23.9 Å². The number of carbonyl (C=O) groups is 2. The number of hydrogen-bond donors (Lipinski definition) is 2. The minimum atomic E-state index is -0.0473. The van der Waals surface area contributed by atoms with Gasteiger partial charge < -0.3 is 29.9 Å². The normalized spacial score (nSPS) is 24.0. The summed E-state index contributed by atoms with van der Waals surface area (Å²) in [5.41, 5.74) is 6.66. The molecule has 1 saturated carbocycles. The second kappa shape index (κ2) is 9.24. The summed E-state index contributed by atoms with van der Waals surface area (Å²) in [6.07, 6.45) is 3.20. The van der Waals surface area contributed by atoms with Crippen molar-refractivity contribution in [2.45, 2.75) is 52.1 Å². The lowest BCUT2D eigenvalue weighted by atomic mass is 9.77. The number of ether oxygens (including phenoxy) is 2. The molecule has 0 unspecified atom stereocenters. The molecule has 3 amide bonds. The van der Waals surface area contributed by atoms with Crippen molar-refractivity contribution in [3.05, 3.63) is 47.0 Å². The summed E-state index contributed by atoms with van der Waals surface area (Å²) in [6.45, 7) is 8.52. The standard InChI is InChI=1S/C29H36N4O4/c1-18-4-7-21(11-26(18)36-3)30-27(34)20-5-8-22(9-6-20)33-13-24-19(2)10-23(12-25(24)31-28(33)35)32-14-29(15-32)16-37-17-29/h4,7,10-12,20,22H,5-6,8-9,13-17H2,1-3H3,(H,30,34)(H,31,35). The number of fused-ring (bicyclic) bond motifs is 1. The number of benzene rings is 2. The Bertz CT molecular complexity index is 1220. The molecule has 3 heterocycles. The Morgan fingerprint density at radius 3 is 2.51 bits per heavy atom. The van der Waals surface area contributed by atoms with Crippen molar-refractivity contribution in [1.82, 2.24) is 4.90 Å². The fourth-order valence-corrected chi connectivity index (χ4v) is 6.34. The summed E-state index contributed by atoms with van der Waals surface area (Å²) >= 11 is 0. The van der Waals surface area contributed by atoms with Crippen molar-refractivity contribution in [3.8, 4) is 5.75 Å². The maximum absolute atomic E-state index is 13.1. The molecule has 8 heteroatoms. The molecule has 0 radical (unpaired) electrons. The van der Waals surface area contributed by atoms with E-state index in [0.717, 1.165) is 74.7 Å². The molecular formula is C29H36N4O4. The molecule has 8 nitrogen and oxygen atoms in total. The molecule has 2 saturated heterocycles. The average Bonchev–Trinajstić information content (AvgIpc) is 2.83. The third kappa shape index (κ3) is 4.41. The first-order valence-electron chi connectivity index (χ1n) is 13.3. The Hall–Kier alpha value is -3.26. The maximum atomic E-state index is 13.1. The number of nitrogens with one attached hydrogen (secondary N) is 2. The monoisotopic (exact) mass is 504 g/mol. The van der Waals surface area contributed by atoms with Crippen LogP contribution in [0.3, 0.4) is 0 Å². The number of nitrogens with zero attached hydrogens (tertiary/aromatic N) is 2. The van der Waals surface area contributed by atoms with Gasteiger partial charge in [-0.05, 0) is 74.4 Å². The molecule has 0 aromatic heterocycles. The minimum Gasteiger partial charge on any atom is -0.496 e. The van der Waals surface area contributed by atoms with E-state index < -0.39 is 0 Å². The molecule has 0 atom stereocenters. The number of methoxy groups -OCH3 is 1. The van der Waals surface area contributed by atoms with Crippen LogP contribution in [0, 0.1) is 25.2 Å². The lowest BCUT2D eigenvalue weighted by molar-refractivity contribution is -0.127. The van der Waals surface area contributed by atoms with Gasteiger partial charge in [0.25, 0.3) is 0 Å². The van der Waals surface area contributed by atoms with E-state index in [1.807, 2.05) is 30.0 Å². The number of aryl methyl sites for hydroxylation is 2. The molecule has 2 aromatic rings. The van der Waals surface area contributed by atoms with E-state index in [1.165, 1.54) is 16.8 Å². The van der Waals surface area contributed by atoms with Gasteiger partial charge in [0, 0.05) is 48.2 Å². The summed E-state index contributed by atoms with van der Waals surface area (Å²) < 4.78 is 10.8. The van der Waals surface area contributed by atoms with Gasteiger partial charge in [-0.15, -0.1) is 0 Å². The van der Waals surface area contributed by atoms with Crippen molar-refractivity contribution in [2.24, 2.45) is 11.3 Å². The molecule has 0 bridgehead atoms. The average molecular weight is 505 g/mol. The topological polar surface area (TPSA) is 83.1 Å². The first kappa shape index (κ1) is 24.1. The van der Waals surface area contributed by atoms with Crippen molar-refractivity contribution < 1.29 is 19.1 Å². The Balaban J connectivity index is 1.07. The highest BCUT2D eigenvalue weighted by atomic mass is 16.5. The van der Waals surface area contributed by atoms with Gasteiger partial charge in [-0.3, -0.25) is 4.79 Å². The minimum absolute atomic E-state index is 0.0313. The highest BCUT2D eigenvalue weighted by Crippen LogP contribution is 2.42. The Kier molecular flexibility index (Phi) is 6.02. The summed E-state index contributed by atoms with van der Waals surface area (Å²) in [5, 5.41) is 6.22. The molecule has 37 heavy (non-hydrogen) atoms. The number of amides is 3.